The number of halogens is 1. The number of hydrogen-bond donors (Lipinski definition) is 2. The summed E-state index contributed by atoms with van der Waals surface area (Å²) in [5.74, 6) is -1.12. The van der Waals surface area contributed by atoms with Gasteiger partial charge in [-0.05, 0) is 44.9 Å². The van der Waals surface area contributed by atoms with E-state index in [2.05, 4.69) is 5.32 Å². The Morgan fingerprint density at radius 3 is 2.53 bits per heavy atom. The zero-order chi connectivity index (χ0) is 14.6. The predicted molar refractivity (Wildman–Crippen MR) is 74.6 cm³/mol. The van der Waals surface area contributed by atoms with Gasteiger partial charge in [-0.3, -0.25) is 9.59 Å². The van der Waals surface area contributed by atoms with Crippen molar-refractivity contribution >= 4 is 23.5 Å². The Balaban J connectivity index is 2.57. The maximum atomic E-state index is 11.8. The fraction of sp³-hybridized carbons (Fsp3) is 0.429. The molecule has 0 unspecified atom stereocenters. The molecule has 0 saturated carbocycles. The van der Waals surface area contributed by atoms with Crippen LogP contribution in [0.1, 0.15) is 36.2 Å². The molecule has 2 N–H and O–H groups in total. The zero-order valence-corrected chi connectivity index (χ0v) is 12.0. The second-order valence-electron chi connectivity index (χ2n) is 5.16. The van der Waals surface area contributed by atoms with Crippen LogP contribution in [0.15, 0.2) is 18.2 Å². The molecule has 0 radical (unpaired) electrons. The number of amides is 1. The van der Waals surface area contributed by atoms with Crippen LogP contribution in [0, 0.1) is 12.3 Å². The number of carbonyl (C=O) groups is 2. The third-order valence-electron chi connectivity index (χ3n) is 3.05. The first-order chi connectivity index (χ1) is 8.74. The highest BCUT2D eigenvalue weighted by Gasteiger charge is 2.26. The summed E-state index contributed by atoms with van der Waals surface area (Å²) in [6, 6.07) is 5.08. The molecule has 0 fully saturated rings. The van der Waals surface area contributed by atoms with Gasteiger partial charge in [0.25, 0.3) is 5.91 Å². The molecular formula is C14H18ClNO3. The van der Waals surface area contributed by atoms with Crippen molar-refractivity contribution in [3.05, 3.63) is 34.3 Å². The largest absolute Gasteiger partial charge is 0.481 e. The first-order valence-electron chi connectivity index (χ1n) is 6.02. The maximum Gasteiger partial charge on any atom is 0.309 e. The van der Waals surface area contributed by atoms with Gasteiger partial charge in [-0.1, -0.05) is 17.7 Å². The van der Waals surface area contributed by atoms with E-state index in [9.17, 15) is 9.59 Å². The van der Waals surface area contributed by atoms with Crippen LogP contribution >= 0.6 is 11.6 Å². The van der Waals surface area contributed by atoms with Crippen molar-refractivity contribution in [2.45, 2.75) is 27.2 Å². The van der Waals surface area contributed by atoms with Gasteiger partial charge in [0.15, 0.2) is 0 Å². The number of hydrogen-bond acceptors (Lipinski definition) is 2. The molecule has 0 heterocycles. The van der Waals surface area contributed by atoms with Crippen LogP contribution in [0.5, 0.6) is 0 Å². The van der Waals surface area contributed by atoms with E-state index in [4.69, 9.17) is 16.7 Å². The highest BCUT2D eigenvalue weighted by molar-refractivity contribution is 6.31. The second-order valence-corrected chi connectivity index (χ2v) is 5.57. The van der Waals surface area contributed by atoms with E-state index < -0.39 is 11.4 Å². The summed E-state index contributed by atoms with van der Waals surface area (Å²) >= 11 is 5.95. The molecule has 0 saturated heterocycles. The molecule has 1 aromatic carbocycles. The standard InChI is InChI=1S/C14H18ClNO3/c1-9-4-5-10(8-11(9)15)12(17)16-7-6-14(2,3)13(18)19/h4-5,8H,6-7H2,1-3H3,(H,16,17)(H,18,19). The van der Waals surface area contributed by atoms with E-state index in [1.807, 2.05) is 6.92 Å². The summed E-state index contributed by atoms with van der Waals surface area (Å²) in [7, 11) is 0. The molecule has 4 nitrogen and oxygen atoms in total. The molecule has 0 atom stereocenters. The summed E-state index contributed by atoms with van der Waals surface area (Å²) in [5.41, 5.74) is 0.534. The lowest BCUT2D eigenvalue weighted by Crippen LogP contribution is -2.31. The van der Waals surface area contributed by atoms with Crippen molar-refractivity contribution in [2.75, 3.05) is 6.54 Å². The zero-order valence-electron chi connectivity index (χ0n) is 11.3. The molecule has 5 heteroatoms. The van der Waals surface area contributed by atoms with Crippen molar-refractivity contribution in [1.29, 1.82) is 0 Å². The first-order valence-corrected chi connectivity index (χ1v) is 6.39. The third-order valence-corrected chi connectivity index (χ3v) is 3.46. The molecule has 19 heavy (non-hydrogen) atoms. The molecule has 1 rings (SSSR count). The van der Waals surface area contributed by atoms with Crippen LogP contribution in [-0.4, -0.2) is 23.5 Å². The summed E-state index contributed by atoms with van der Waals surface area (Å²) in [6.45, 7) is 5.43. The molecule has 1 aromatic rings. The number of carboxylic acids is 1. The Bertz CT molecular complexity index is 497. The highest BCUT2D eigenvalue weighted by Crippen LogP contribution is 2.20. The molecule has 0 aliphatic carbocycles. The second kappa shape index (κ2) is 6.06. The number of carbonyl (C=O) groups excluding carboxylic acids is 1. The van der Waals surface area contributed by atoms with Crippen molar-refractivity contribution in [1.82, 2.24) is 5.32 Å². The number of benzene rings is 1. The van der Waals surface area contributed by atoms with E-state index in [0.29, 0.717) is 23.6 Å². The van der Waals surface area contributed by atoms with Gasteiger partial charge >= 0.3 is 5.97 Å². The first kappa shape index (κ1) is 15.5. The molecule has 104 valence electrons. The van der Waals surface area contributed by atoms with Gasteiger partial charge in [-0.2, -0.15) is 0 Å². The topological polar surface area (TPSA) is 66.4 Å². The average molecular weight is 284 g/mol. The highest BCUT2D eigenvalue weighted by atomic mass is 35.5. The van der Waals surface area contributed by atoms with Crippen LogP contribution in [0.2, 0.25) is 5.02 Å². The van der Waals surface area contributed by atoms with Crippen LogP contribution in [0.4, 0.5) is 0 Å². The minimum absolute atomic E-state index is 0.247. The average Bonchev–Trinajstić information content (AvgIpc) is 2.32. The van der Waals surface area contributed by atoms with E-state index in [1.54, 1.807) is 32.0 Å². The third kappa shape index (κ3) is 4.24. The fourth-order valence-electron chi connectivity index (χ4n) is 1.43. The normalized spacial score (nSPS) is 11.2. The Hall–Kier alpha value is -1.55. The molecule has 0 aromatic heterocycles. The predicted octanol–water partition coefficient (Wildman–Crippen LogP) is 2.88. The molecule has 0 bridgehead atoms. The van der Waals surface area contributed by atoms with Crippen molar-refractivity contribution in [2.24, 2.45) is 5.41 Å². The van der Waals surface area contributed by atoms with Crippen molar-refractivity contribution in [3.63, 3.8) is 0 Å². The van der Waals surface area contributed by atoms with Crippen molar-refractivity contribution < 1.29 is 14.7 Å². The van der Waals surface area contributed by atoms with E-state index in [-0.39, 0.29) is 5.91 Å². The number of nitrogens with one attached hydrogen (secondary N) is 1. The number of carboxylic acid groups (broad SMARTS) is 1. The van der Waals surface area contributed by atoms with Gasteiger partial charge < -0.3 is 10.4 Å². The summed E-state index contributed by atoms with van der Waals surface area (Å²) in [4.78, 5) is 22.8. The Labute approximate surface area is 117 Å². The van der Waals surface area contributed by atoms with Crippen LogP contribution in [0.3, 0.4) is 0 Å². The number of rotatable bonds is 5. The lowest BCUT2D eigenvalue weighted by molar-refractivity contribution is -0.147. The van der Waals surface area contributed by atoms with Gasteiger partial charge in [0, 0.05) is 17.1 Å². The van der Waals surface area contributed by atoms with E-state index >= 15 is 0 Å². The smallest absolute Gasteiger partial charge is 0.309 e. The monoisotopic (exact) mass is 283 g/mol. The fourth-order valence-corrected chi connectivity index (χ4v) is 1.61. The Morgan fingerprint density at radius 2 is 2.00 bits per heavy atom. The van der Waals surface area contributed by atoms with Gasteiger partial charge in [0.2, 0.25) is 0 Å². The van der Waals surface area contributed by atoms with Crippen LogP contribution in [-0.2, 0) is 4.79 Å². The van der Waals surface area contributed by atoms with Gasteiger partial charge in [-0.15, -0.1) is 0 Å². The molecular weight excluding hydrogens is 266 g/mol. The number of aryl methyl sites for hydroxylation is 1. The quantitative estimate of drug-likeness (QED) is 0.873. The number of aliphatic carboxylic acids is 1. The van der Waals surface area contributed by atoms with Gasteiger partial charge in [0.1, 0.15) is 0 Å². The van der Waals surface area contributed by atoms with Crippen LogP contribution in [0.25, 0.3) is 0 Å². The van der Waals surface area contributed by atoms with Crippen LogP contribution < -0.4 is 5.32 Å². The lowest BCUT2D eigenvalue weighted by Gasteiger charge is -2.18. The van der Waals surface area contributed by atoms with E-state index in [1.165, 1.54) is 0 Å². The van der Waals surface area contributed by atoms with Gasteiger partial charge in [0.05, 0.1) is 5.41 Å². The van der Waals surface area contributed by atoms with Crippen molar-refractivity contribution in [3.8, 4) is 0 Å². The molecule has 1 amide bonds. The summed E-state index contributed by atoms with van der Waals surface area (Å²) in [5, 5.41) is 12.2. The SMILES string of the molecule is Cc1ccc(C(=O)NCCC(C)(C)C(=O)O)cc1Cl. The minimum atomic E-state index is -0.875. The van der Waals surface area contributed by atoms with Gasteiger partial charge in [-0.25, -0.2) is 0 Å². The Kier molecular flexibility index (Phi) is 4.95. The molecule has 0 aliphatic heterocycles. The Morgan fingerprint density at radius 1 is 1.37 bits per heavy atom. The summed E-state index contributed by atoms with van der Waals surface area (Å²) in [6.07, 6.45) is 0.369. The maximum absolute atomic E-state index is 11.8. The lowest BCUT2D eigenvalue weighted by atomic mass is 9.90. The van der Waals surface area contributed by atoms with E-state index in [0.717, 1.165) is 5.56 Å². The minimum Gasteiger partial charge on any atom is -0.481 e. The molecule has 0 spiro atoms. The summed E-state index contributed by atoms with van der Waals surface area (Å²) < 4.78 is 0. The molecule has 0 aliphatic rings.